The molecule has 0 heterocycles. The van der Waals surface area contributed by atoms with Crippen LogP contribution in [-0.2, 0) is 6.54 Å². The minimum absolute atomic E-state index is 0.767. The maximum atomic E-state index is 6.05. The molecule has 0 amide bonds. The Morgan fingerprint density at radius 2 is 2.00 bits per heavy atom. The van der Waals surface area contributed by atoms with E-state index in [4.69, 9.17) is 11.6 Å². The van der Waals surface area contributed by atoms with Crippen LogP contribution in [0.15, 0.2) is 24.3 Å². The van der Waals surface area contributed by atoms with Gasteiger partial charge in [-0.3, -0.25) is 0 Å². The maximum Gasteiger partial charge on any atom is 0.0409 e. The standard InChI is InChI=1S/C17H22ClN/c18-13-4-1-3-11(7-13)10-19-17-9-12-8-16(17)15-6-2-5-14(12)15/h1,3-4,7,12,14-17,19H,2,5-6,8-10H2/t12?,14-,15-,16?,17-/m1/s1. The van der Waals surface area contributed by atoms with Gasteiger partial charge in [-0.05, 0) is 67.1 Å². The predicted octanol–water partition coefficient (Wildman–Crippen LogP) is 4.25. The van der Waals surface area contributed by atoms with Crippen molar-refractivity contribution in [3.63, 3.8) is 0 Å². The van der Waals surface area contributed by atoms with Gasteiger partial charge in [-0.1, -0.05) is 30.2 Å². The van der Waals surface area contributed by atoms with E-state index < -0.39 is 0 Å². The van der Waals surface area contributed by atoms with Crippen LogP contribution in [0.25, 0.3) is 0 Å². The van der Waals surface area contributed by atoms with Gasteiger partial charge in [0, 0.05) is 17.6 Å². The van der Waals surface area contributed by atoms with E-state index in [1.807, 2.05) is 12.1 Å². The first-order valence-corrected chi connectivity index (χ1v) is 8.17. The fraction of sp³-hybridized carbons (Fsp3) is 0.647. The first-order valence-electron chi connectivity index (χ1n) is 7.79. The number of hydrogen-bond donors (Lipinski definition) is 1. The zero-order valence-corrected chi connectivity index (χ0v) is 12.1. The van der Waals surface area contributed by atoms with Crippen LogP contribution in [0.5, 0.6) is 0 Å². The number of halogens is 1. The molecule has 0 aromatic heterocycles. The van der Waals surface area contributed by atoms with Crippen molar-refractivity contribution in [2.24, 2.45) is 23.7 Å². The lowest BCUT2D eigenvalue weighted by molar-refractivity contribution is 0.208. The third-order valence-electron chi connectivity index (χ3n) is 5.89. The Bertz CT molecular complexity index is 472. The van der Waals surface area contributed by atoms with Gasteiger partial charge in [0.1, 0.15) is 0 Å². The molecule has 2 heteroatoms. The highest BCUT2D eigenvalue weighted by atomic mass is 35.5. The Balaban J connectivity index is 1.40. The van der Waals surface area contributed by atoms with Crippen LogP contribution >= 0.6 is 11.6 Å². The van der Waals surface area contributed by atoms with Crippen LogP contribution in [0.2, 0.25) is 5.02 Å². The van der Waals surface area contributed by atoms with Gasteiger partial charge in [0.15, 0.2) is 0 Å². The van der Waals surface area contributed by atoms with Crippen LogP contribution in [0.1, 0.15) is 37.7 Å². The van der Waals surface area contributed by atoms with E-state index in [9.17, 15) is 0 Å². The Morgan fingerprint density at radius 1 is 1.11 bits per heavy atom. The highest BCUT2D eigenvalue weighted by Gasteiger charge is 2.53. The highest BCUT2D eigenvalue weighted by molar-refractivity contribution is 6.30. The summed E-state index contributed by atoms with van der Waals surface area (Å²) < 4.78 is 0. The molecule has 19 heavy (non-hydrogen) atoms. The van der Waals surface area contributed by atoms with Crippen LogP contribution in [0.3, 0.4) is 0 Å². The largest absolute Gasteiger partial charge is 0.310 e. The second kappa shape index (κ2) is 4.79. The third kappa shape index (κ3) is 2.11. The van der Waals surface area contributed by atoms with Crippen molar-refractivity contribution in [1.82, 2.24) is 5.32 Å². The van der Waals surface area contributed by atoms with Gasteiger partial charge >= 0.3 is 0 Å². The predicted molar refractivity (Wildman–Crippen MR) is 79.1 cm³/mol. The van der Waals surface area contributed by atoms with E-state index in [-0.39, 0.29) is 0 Å². The Morgan fingerprint density at radius 3 is 2.89 bits per heavy atom. The Labute approximate surface area is 120 Å². The summed E-state index contributed by atoms with van der Waals surface area (Å²) in [5, 5.41) is 4.66. The number of fused-ring (bicyclic) bond motifs is 5. The summed E-state index contributed by atoms with van der Waals surface area (Å²) in [5.41, 5.74) is 1.32. The van der Waals surface area contributed by atoms with Crippen molar-refractivity contribution in [2.45, 2.75) is 44.7 Å². The number of rotatable bonds is 3. The summed E-state index contributed by atoms with van der Waals surface area (Å²) in [6, 6.07) is 9.02. The minimum Gasteiger partial charge on any atom is -0.310 e. The molecule has 3 fully saturated rings. The van der Waals surface area contributed by atoms with Crippen molar-refractivity contribution in [1.29, 1.82) is 0 Å². The molecular formula is C17H22ClN. The summed E-state index contributed by atoms with van der Waals surface area (Å²) in [7, 11) is 0. The van der Waals surface area contributed by atoms with Gasteiger partial charge in [0.05, 0.1) is 0 Å². The zero-order valence-electron chi connectivity index (χ0n) is 11.3. The SMILES string of the molecule is Clc1cccc(CN[C@@H]2CC3CC2[C@@H]2CCC[C@H]32)c1. The van der Waals surface area contributed by atoms with E-state index in [0.29, 0.717) is 0 Å². The van der Waals surface area contributed by atoms with Crippen molar-refractivity contribution < 1.29 is 0 Å². The highest BCUT2D eigenvalue weighted by Crippen LogP contribution is 2.58. The number of hydrogen-bond acceptors (Lipinski definition) is 1. The molecule has 3 aliphatic carbocycles. The molecule has 4 rings (SSSR count). The van der Waals surface area contributed by atoms with E-state index in [1.54, 1.807) is 0 Å². The molecule has 2 bridgehead atoms. The first-order chi connectivity index (χ1) is 9.31. The second-order valence-electron chi connectivity index (χ2n) is 6.77. The van der Waals surface area contributed by atoms with Gasteiger partial charge in [0.25, 0.3) is 0 Å². The number of nitrogens with one attached hydrogen (secondary N) is 1. The molecule has 1 N–H and O–H groups in total. The first kappa shape index (κ1) is 12.2. The van der Waals surface area contributed by atoms with Crippen LogP contribution in [-0.4, -0.2) is 6.04 Å². The summed E-state index contributed by atoms with van der Waals surface area (Å²) in [4.78, 5) is 0. The van der Waals surface area contributed by atoms with Crippen LogP contribution in [0.4, 0.5) is 0 Å². The van der Waals surface area contributed by atoms with Crippen molar-refractivity contribution in [3.8, 4) is 0 Å². The molecule has 0 spiro atoms. The normalized spacial score (nSPS) is 39.7. The van der Waals surface area contributed by atoms with Gasteiger partial charge in [-0.15, -0.1) is 0 Å². The van der Waals surface area contributed by atoms with E-state index in [0.717, 1.165) is 41.3 Å². The lowest BCUT2D eigenvalue weighted by atomic mass is 9.79. The molecule has 5 atom stereocenters. The van der Waals surface area contributed by atoms with Crippen molar-refractivity contribution >= 4 is 11.6 Å². The Hall–Kier alpha value is -0.530. The van der Waals surface area contributed by atoms with Gasteiger partial charge < -0.3 is 5.32 Å². The van der Waals surface area contributed by atoms with E-state index >= 15 is 0 Å². The summed E-state index contributed by atoms with van der Waals surface area (Å²) >= 11 is 6.05. The fourth-order valence-electron chi connectivity index (χ4n) is 5.20. The topological polar surface area (TPSA) is 12.0 Å². The average Bonchev–Trinajstić information content (AvgIpc) is 3.08. The van der Waals surface area contributed by atoms with Crippen LogP contribution < -0.4 is 5.32 Å². The molecule has 1 aromatic carbocycles. The molecule has 0 saturated heterocycles. The third-order valence-corrected chi connectivity index (χ3v) is 6.12. The Kier molecular flexibility index (Phi) is 3.08. The maximum absolute atomic E-state index is 6.05. The van der Waals surface area contributed by atoms with E-state index in [1.165, 1.54) is 37.7 Å². The van der Waals surface area contributed by atoms with Crippen LogP contribution in [0, 0.1) is 23.7 Å². The molecule has 2 unspecified atom stereocenters. The summed E-state index contributed by atoms with van der Waals surface area (Å²) in [6.07, 6.45) is 7.44. The van der Waals surface area contributed by atoms with Crippen molar-refractivity contribution in [3.05, 3.63) is 34.9 Å². The van der Waals surface area contributed by atoms with Gasteiger partial charge in [0.2, 0.25) is 0 Å². The molecular weight excluding hydrogens is 254 g/mol. The summed E-state index contributed by atoms with van der Waals surface area (Å²) in [5.74, 6) is 4.15. The fourth-order valence-corrected chi connectivity index (χ4v) is 5.41. The van der Waals surface area contributed by atoms with Gasteiger partial charge in [-0.25, -0.2) is 0 Å². The molecule has 3 aliphatic rings. The minimum atomic E-state index is 0.767. The monoisotopic (exact) mass is 275 g/mol. The average molecular weight is 276 g/mol. The summed E-state index contributed by atoms with van der Waals surface area (Å²) in [6.45, 7) is 0.978. The molecule has 0 aliphatic heterocycles. The molecule has 102 valence electrons. The quantitative estimate of drug-likeness (QED) is 0.869. The lowest BCUT2D eigenvalue weighted by Crippen LogP contribution is -2.38. The molecule has 1 aromatic rings. The molecule has 0 radical (unpaired) electrons. The smallest absolute Gasteiger partial charge is 0.0409 e. The van der Waals surface area contributed by atoms with Gasteiger partial charge in [-0.2, -0.15) is 0 Å². The number of benzene rings is 1. The van der Waals surface area contributed by atoms with Crippen molar-refractivity contribution in [2.75, 3.05) is 0 Å². The lowest BCUT2D eigenvalue weighted by Gasteiger charge is -2.32. The molecule has 3 saturated carbocycles. The van der Waals surface area contributed by atoms with E-state index in [2.05, 4.69) is 17.4 Å². The second-order valence-corrected chi connectivity index (χ2v) is 7.21. The molecule has 1 nitrogen and oxygen atoms in total. The zero-order chi connectivity index (χ0) is 12.8.